The second-order valence-corrected chi connectivity index (χ2v) is 4.72. The Morgan fingerprint density at radius 2 is 2.24 bits per heavy atom. The zero-order valence-electron chi connectivity index (χ0n) is 9.83. The predicted molar refractivity (Wildman–Crippen MR) is 71.0 cm³/mol. The molecule has 2 rings (SSSR count). The maximum absolute atomic E-state index is 5.12. The first kappa shape index (κ1) is 12.1. The summed E-state index contributed by atoms with van der Waals surface area (Å²) in [7, 11) is 0. The third kappa shape index (κ3) is 2.85. The Labute approximate surface area is 109 Å². The Morgan fingerprint density at radius 1 is 1.41 bits per heavy atom. The number of hydrogen-bond donors (Lipinski definition) is 1. The second-order valence-electron chi connectivity index (χ2n) is 3.81. The lowest BCUT2D eigenvalue weighted by molar-refractivity contribution is 0.432. The first-order valence-electron chi connectivity index (χ1n) is 5.55. The van der Waals surface area contributed by atoms with E-state index in [2.05, 4.69) is 38.3 Å². The molecule has 1 aromatic heterocycles. The molecule has 0 unspecified atom stereocenters. The largest absolute Gasteiger partial charge is 0.338 e. The van der Waals surface area contributed by atoms with Crippen LogP contribution in [0.25, 0.3) is 11.4 Å². The first-order chi connectivity index (χ1) is 8.20. The highest BCUT2D eigenvalue weighted by atomic mass is 79.9. The van der Waals surface area contributed by atoms with Crippen LogP contribution < -0.4 is 5.32 Å². The molecule has 0 amide bonds. The highest BCUT2D eigenvalue weighted by Gasteiger charge is 2.10. The van der Waals surface area contributed by atoms with Crippen LogP contribution in [0.2, 0.25) is 0 Å². The molecule has 2 aromatic rings. The molecule has 0 saturated heterocycles. The van der Waals surface area contributed by atoms with Crippen molar-refractivity contribution in [2.45, 2.75) is 20.3 Å². The summed E-state index contributed by atoms with van der Waals surface area (Å²) in [5, 5.41) is 7.03. The van der Waals surface area contributed by atoms with Crippen molar-refractivity contribution in [2.75, 3.05) is 11.9 Å². The maximum Gasteiger partial charge on any atom is 0.321 e. The lowest BCUT2D eigenvalue weighted by Gasteiger charge is -2.00. The molecule has 0 atom stereocenters. The van der Waals surface area contributed by atoms with Crippen molar-refractivity contribution in [3.05, 3.63) is 28.2 Å². The van der Waals surface area contributed by atoms with Gasteiger partial charge in [0.05, 0.1) is 0 Å². The van der Waals surface area contributed by atoms with Crippen LogP contribution in [0.4, 0.5) is 6.01 Å². The van der Waals surface area contributed by atoms with Gasteiger partial charge in [-0.1, -0.05) is 28.0 Å². The van der Waals surface area contributed by atoms with E-state index < -0.39 is 0 Å². The number of halogens is 1. The minimum absolute atomic E-state index is 0.476. The fourth-order valence-corrected chi connectivity index (χ4v) is 1.99. The molecule has 0 saturated carbocycles. The van der Waals surface area contributed by atoms with Gasteiger partial charge in [0.15, 0.2) is 0 Å². The smallest absolute Gasteiger partial charge is 0.321 e. The van der Waals surface area contributed by atoms with E-state index in [1.807, 2.05) is 25.1 Å². The van der Waals surface area contributed by atoms with Crippen molar-refractivity contribution < 1.29 is 4.52 Å². The number of anilines is 1. The lowest BCUT2D eigenvalue weighted by atomic mass is 10.1. The van der Waals surface area contributed by atoms with Gasteiger partial charge in [-0.2, -0.15) is 4.98 Å². The molecule has 4 nitrogen and oxygen atoms in total. The topological polar surface area (TPSA) is 51.0 Å². The maximum atomic E-state index is 5.12. The number of nitrogens with one attached hydrogen (secondary N) is 1. The Bertz CT molecular complexity index is 510. The minimum atomic E-state index is 0.476. The molecule has 0 spiro atoms. The summed E-state index contributed by atoms with van der Waals surface area (Å²) in [5.41, 5.74) is 2.10. The lowest BCUT2D eigenvalue weighted by Crippen LogP contribution is -1.99. The fraction of sp³-hybridized carbons (Fsp3) is 0.333. The van der Waals surface area contributed by atoms with Crippen LogP contribution in [0.3, 0.4) is 0 Å². The second kappa shape index (κ2) is 5.31. The normalized spacial score (nSPS) is 10.5. The molecule has 1 heterocycles. The van der Waals surface area contributed by atoms with Gasteiger partial charge in [-0.3, -0.25) is 0 Å². The Kier molecular flexibility index (Phi) is 3.78. The summed E-state index contributed by atoms with van der Waals surface area (Å²) in [6, 6.07) is 6.46. The molecule has 0 bridgehead atoms. The van der Waals surface area contributed by atoms with E-state index in [-0.39, 0.29) is 0 Å². The number of aryl methyl sites for hydroxylation is 1. The molecule has 5 heteroatoms. The van der Waals surface area contributed by atoms with Crippen molar-refractivity contribution in [3.63, 3.8) is 0 Å². The van der Waals surface area contributed by atoms with E-state index in [4.69, 9.17) is 4.52 Å². The molecule has 0 aliphatic carbocycles. The molecule has 0 fully saturated rings. The summed E-state index contributed by atoms with van der Waals surface area (Å²) >= 11 is 3.43. The Balaban J connectivity index is 2.24. The van der Waals surface area contributed by atoms with Gasteiger partial charge >= 0.3 is 6.01 Å². The molecule has 1 N–H and O–H groups in total. The average molecular weight is 296 g/mol. The van der Waals surface area contributed by atoms with Crippen molar-refractivity contribution in [2.24, 2.45) is 0 Å². The SMILES string of the molecule is CCCNc1nc(-c2ccc(Br)cc2C)no1. The van der Waals surface area contributed by atoms with E-state index in [9.17, 15) is 0 Å². The van der Waals surface area contributed by atoms with Gasteiger partial charge in [0.1, 0.15) is 0 Å². The van der Waals surface area contributed by atoms with E-state index in [0.717, 1.165) is 28.6 Å². The van der Waals surface area contributed by atoms with Crippen LogP contribution in [0.5, 0.6) is 0 Å². The van der Waals surface area contributed by atoms with Gasteiger partial charge in [-0.25, -0.2) is 0 Å². The zero-order valence-corrected chi connectivity index (χ0v) is 11.4. The van der Waals surface area contributed by atoms with Gasteiger partial charge in [0.2, 0.25) is 5.82 Å². The summed E-state index contributed by atoms with van der Waals surface area (Å²) in [6.45, 7) is 4.94. The first-order valence-corrected chi connectivity index (χ1v) is 6.34. The van der Waals surface area contributed by atoms with Gasteiger partial charge < -0.3 is 9.84 Å². The summed E-state index contributed by atoms with van der Waals surface area (Å²) < 4.78 is 6.17. The number of benzene rings is 1. The van der Waals surface area contributed by atoms with Crippen molar-refractivity contribution in [1.82, 2.24) is 10.1 Å². The van der Waals surface area contributed by atoms with Crippen LogP contribution in [0.15, 0.2) is 27.2 Å². The Hall–Kier alpha value is -1.36. The number of aromatic nitrogens is 2. The molecule has 0 radical (unpaired) electrons. The molecule has 1 aromatic carbocycles. The molecule has 17 heavy (non-hydrogen) atoms. The molecular formula is C12H14BrN3O. The van der Waals surface area contributed by atoms with Crippen molar-refractivity contribution >= 4 is 21.9 Å². The summed E-state index contributed by atoms with van der Waals surface area (Å²) in [5.74, 6) is 0.619. The van der Waals surface area contributed by atoms with Crippen LogP contribution >= 0.6 is 15.9 Å². The van der Waals surface area contributed by atoms with Crippen LogP contribution in [-0.2, 0) is 0 Å². The highest BCUT2D eigenvalue weighted by molar-refractivity contribution is 9.10. The van der Waals surface area contributed by atoms with Crippen molar-refractivity contribution in [3.8, 4) is 11.4 Å². The number of nitrogens with zero attached hydrogens (tertiary/aromatic N) is 2. The van der Waals surface area contributed by atoms with E-state index in [1.165, 1.54) is 0 Å². The molecular weight excluding hydrogens is 282 g/mol. The van der Waals surface area contributed by atoms with Crippen LogP contribution in [-0.4, -0.2) is 16.7 Å². The predicted octanol–water partition coefficient (Wildman–Crippen LogP) is 3.63. The summed E-state index contributed by atoms with van der Waals surface area (Å²) in [4.78, 5) is 4.30. The van der Waals surface area contributed by atoms with E-state index >= 15 is 0 Å². The highest BCUT2D eigenvalue weighted by Crippen LogP contribution is 2.24. The molecule has 0 aliphatic rings. The van der Waals surface area contributed by atoms with E-state index in [0.29, 0.717) is 11.8 Å². The quantitative estimate of drug-likeness (QED) is 0.936. The minimum Gasteiger partial charge on any atom is -0.338 e. The standard InChI is InChI=1S/C12H14BrN3O/c1-3-6-14-12-15-11(16-17-12)10-5-4-9(13)7-8(10)2/h4-5,7H,3,6H2,1-2H3,(H,14,15,16). The zero-order chi connectivity index (χ0) is 12.3. The van der Waals surface area contributed by atoms with Gasteiger partial charge in [0.25, 0.3) is 0 Å². The fourth-order valence-electron chi connectivity index (χ4n) is 1.51. The number of rotatable bonds is 4. The van der Waals surface area contributed by atoms with Gasteiger partial charge in [0, 0.05) is 16.6 Å². The molecule has 90 valence electrons. The number of hydrogen-bond acceptors (Lipinski definition) is 4. The van der Waals surface area contributed by atoms with Gasteiger partial charge in [-0.15, -0.1) is 0 Å². The average Bonchev–Trinajstić information content (AvgIpc) is 2.75. The van der Waals surface area contributed by atoms with Crippen LogP contribution in [0, 0.1) is 6.92 Å². The van der Waals surface area contributed by atoms with E-state index in [1.54, 1.807) is 0 Å². The van der Waals surface area contributed by atoms with Crippen LogP contribution in [0.1, 0.15) is 18.9 Å². The third-order valence-electron chi connectivity index (χ3n) is 2.38. The Morgan fingerprint density at radius 3 is 2.94 bits per heavy atom. The molecule has 0 aliphatic heterocycles. The van der Waals surface area contributed by atoms with Gasteiger partial charge in [-0.05, 0) is 37.1 Å². The third-order valence-corrected chi connectivity index (χ3v) is 2.87. The summed E-state index contributed by atoms with van der Waals surface area (Å²) in [6.07, 6.45) is 1.02. The van der Waals surface area contributed by atoms with Crippen molar-refractivity contribution in [1.29, 1.82) is 0 Å². The monoisotopic (exact) mass is 295 g/mol.